The molecule has 1 saturated heterocycles. The summed E-state index contributed by atoms with van der Waals surface area (Å²) >= 11 is 0. The highest BCUT2D eigenvalue weighted by Crippen LogP contribution is 2.27. The zero-order valence-electron chi connectivity index (χ0n) is 18.8. The van der Waals surface area contributed by atoms with Gasteiger partial charge in [-0.2, -0.15) is 0 Å². The summed E-state index contributed by atoms with van der Waals surface area (Å²) in [4.78, 5) is 36.4. The molecular weight excluding hydrogens is 388 g/mol. The molecule has 4 rings (SSSR count). The van der Waals surface area contributed by atoms with Crippen LogP contribution in [0.1, 0.15) is 79.5 Å². The van der Waals surface area contributed by atoms with Crippen molar-refractivity contribution in [2.24, 2.45) is 5.92 Å². The van der Waals surface area contributed by atoms with Crippen LogP contribution in [-0.2, 0) is 4.79 Å². The first-order valence-electron chi connectivity index (χ1n) is 11.8. The molecule has 0 spiro atoms. The molecule has 1 aromatic carbocycles. The number of amides is 2. The predicted molar refractivity (Wildman–Crippen MR) is 122 cm³/mol. The normalized spacial score (nSPS) is 18.3. The van der Waals surface area contributed by atoms with Gasteiger partial charge in [-0.25, -0.2) is 9.97 Å². The summed E-state index contributed by atoms with van der Waals surface area (Å²) in [6, 6.07) is 5.74. The second-order valence-corrected chi connectivity index (χ2v) is 9.27. The monoisotopic (exact) mass is 422 g/mol. The van der Waals surface area contributed by atoms with E-state index in [-0.39, 0.29) is 17.9 Å². The minimum atomic E-state index is 0.0315. The Morgan fingerprint density at radius 3 is 2.35 bits per heavy atom. The van der Waals surface area contributed by atoms with Crippen molar-refractivity contribution < 1.29 is 9.59 Å². The molecule has 2 heterocycles. The number of rotatable bonds is 5. The lowest BCUT2D eigenvalue weighted by atomic mass is 9.86. The van der Waals surface area contributed by atoms with E-state index >= 15 is 0 Å². The van der Waals surface area contributed by atoms with Gasteiger partial charge in [0.15, 0.2) is 0 Å². The van der Waals surface area contributed by atoms with E-state index in [2.05, 4.69) is 15.3 Å². The first-order valence-corrected chi connectivity index (χ1v) is 11.8. The Morgan fingerprint density at radius 2 is 1.65 bits per heavy atom. The largest absolute Gasteiger partial charge is 0.353 e. The van der Waals surface area contributed by atoms with Gasteiger partial charge in [0.25, 0.3) is 5.91 Å². The Labute approximate surface area is 184 Å². The summed E-state index contributed by atoms with van der Waals surface area (Å²) in [7, 11) is 0. The summed E-state index contributed by atoms with van der Waals surface area (Å²) in [5.74, 6) is 0.941. The van der Waals surface area contributed by atoms with Crippen LogP contribution in [0.4, 0.5) is 0 Å². The van der Waals surface area contributed by atoms with Crippen molar-refractivity contribution in [2.45, 2.75) is 77.7 Å². The summed E-state index contributed by atoms with van der Waals surface area (Å²) in [6.45, 7) is 5.22. The zero-order valence-corrected chi connectivity index (χ0v) is 18.8. The molecule has 0 atom stereocenters. The molecule has 0 unspecified atom stereocenters. The van der Waals surface area contributed by atoms with Crippen molar-refractivity contribution in [1.29, 1.82) is 0 Å². The lowest BCUT2D eigenvalue weighted by molar-refractivity contribution is -0.122. The van der Waals surface area contributed by atoms with Crippen LogP contribution in [-0.4, -0.2) is 45.8 Å². The Bertz CT molecular complexity index is 944. The van der Waals surface area contributed by atoms with Crippen LogP contribution in [0.25, 0.3) is 11.0 Å². The van der Waals surface area contributed by atoms with Crippen molar-refractivity contribution in [3.63, 3.8) is 0 Å². The molecule has 2 aromatic rings. The van der Waals surface area contributed by atoms with Crippen LogP contribution in [0.3, 0.4) is 0 Å². The number of aryl methyl sites for hydroxylation is 2. The lowest BCUT2D eigenvalue weighted by Crippen LogP contribution is -2.46. The molecule has 1 saturated carbocycles. The van der Waals surface area contributed by atoms with E-state index in [0.29, 0.717) is 25.1 Å². The van der Waals surface area contributed by atoms with Crippen LogP contribution in [0.15, 0.2) is 18.2 Å². The summed E-state index contributed by atoms with van der Waals surface area (Å²) in [6.07, 6.45) is 9.85. The maximum Gasteiger partial charge on any atom is 0.253 e. The molecule has 1 aliphatic carbocycles. The van der Waals surface area contributed by atoms with Crippen LogP contribution >= 0.6 is 0 Å². The second kappa shape index (κ2) is 9.75. The second-order valence-electron chi connectivity index (χ2n) is 9.27. The number of benzene rings is 1. The molecular formula is C25H34N4O2. The van der Waals surface area contributed by atoms with Crippen molar-refractivity contribution in [1.82, 2.24) is 20.2 Å². The van der Waals surface area contributed by atoms with Crippen LogP contribution < -0.4 is 5.32 Å². The highest BCUT2D eigenvalue weighted by atomic mass is 16.2. The summed E-state index contributed by atoms with van der Waals surface area (Å²) in [5.41, 5.74) is 4.02. The van der Waals surface area contributed by atoms with Gasteiger partial charge in [0, 0.05) is 31.1 Å². The molecule has 2 fully saturated rings. The Hall–Kier alpha value is -2.50. The highest BCUT2D eigenvalue weighted by molar-refractivity contribution is 5.97. The number of piperidine rings is 1. The van der Waals surface area contributed by atoms with Gasteiger partial charge in [0.2, 0.25) is 5.91 Å². The van der Waals surface area contributed by atoms with Gasteiger partial charge in [-0.1, -0.05) is 32.1 Å². The lowest BCUT2D eigenvalue weighted by Gasteiger charge is -2.32. The molecule has 31 heavy (non-hydrogen) atoms. The summed E-state index contributed by atoms with van der Waals surface area (Å²) in [5, 5.41) is 3.20. The smallest absolute Gasteiger partial charge is 0.253 e. The van der Waals surface area contributed by atoms with E-state index in [0.717, 1.165) is 47.6 Å². The molecule has 2 aliphatic rings. The maximum atomic E-state index is 13.0. The molecule has 1 N–H and O–H groups in total. The molecule has 6 nitrogen and oxygen atoms in total. The van der Waals surface area contributed by atoms with Crippen LogP contribution in [0.2, 0.25) is 0 Å². The number of likely N-dealkylation sites (tertiary alicyclic amines) is 1. The van der Waals surface area contributed by atoms with Gasteiger partial charge < -0.3 is 10.2 Å². The fourth-order valence-corrected chi connectivity index (χ4v) is 4.88. The number of carbonyl (C=O) groups is 2. The fraction of sp³-hybridized carbons (Fsp3) is 0.600. The molecule has 6 heteroatoms. The van der Waals surface area contributed by atoms with Gasteiger partial charge in [-0.15, -0.1) is 0 Å². The van der Waals surface area contributed by atoms with Crippen molar-refractivity contribution in [3.05, 3.63) is 35.2 Å². The number of carbonyl (C=O) groups excluding carboxylic acids is 2. The van der Waals surface area contributed by atoms with Crippen molar-refractivity contribution in [3.8, 4) is 0 Å². The Morgan fingerprint density at radius 1 is 0.968 bits per heavy atom. The number of nitrogens with one attached hydrogen (secondary N) is 1. The third kappa shape index (κ3) is 5.41. The average molecular weight is 423 g/mol. The van der Waals surface area contributed by atoms with E-state index in [9.17, 15) is 9.59 Å². The molecule has 0 radical (unpaired) electrons. The van der Waals surface area contributed by atoms with Gasteiger partial charge >= 0.3 is 0 Å². The molecule has 0 bridgehead atoms. The average Bonchev–Trinajstić information content (AvgIpc) is 2.79. The highest BCUT2D eigenvalue weighted by Gasteiger charge is 2.25. The number of hydrogen-bond acceptors (Lipinski definition) is 4. The van der Waals surface area contributed by atoms with E-state index in [1.165, 1.54) is 32.1 Å². The Kier molecular flexibility index (Phi) is 6.83. The molecule has 1 aliphatic heterocycles. The third-order valence-electron chi connectivity index (χ3n) is 6.97. The number of aromatic nitrogens is 2. The third-order valence-corrected chi connectivity index (χ3v) is 6.97. The standard InChI is InChI=1S/C25H34N4O2/c1-17-18(2)27-23-16-20(9-10-22(23)26-17)25(31)29-14-12-21(13-15-29)28-24(30)11-8-19-6-4-3-5-7-19/h9-10,16,19,21H,3-8,11-15H2,1-2H3,(H,28,30). The Balaban J connectivity index is 1.27. The van der Waals surface area contributed by atoms with E-state index in [1.54, 1.807) is 0 Å². The SMILES string of the molecule is Cc1nc2ccc(C(=O)N3CCC(NC(=O)CCC4CCCCC4)CC3)cc2nc1C. The number of fused-ring (bicyclic) bond motifs is 1. The van der Waals surface area contributed by atoms with Gasteiger partial charge in [0.05, 0.1) is 22.4 Å². The molecule has 2 amide bonds. The van der Waals surface area contributed by atoms with Crippen molar-refractivity contribution in [2.75, 3.05) is 13.1 Å². The van der Waals surface area contributed by atoms with Crippen LogP contribution in [0, 0.1) is 19.8 Å². The van der Waals surface area contributed by atoms with E-state index in [4.69, 9.17) is 0 Å². The van der Waals surface area contributed by atoms with E-state index < -0.39 is 0 Å². The predicted octanol–water partition coefficient (Wildman–Crippen LogP) is 4.33. The van der Waals surface area contributed by atoms with Gasteiger partial charge in [-0.3, -0.25) is 9.59 Å². The van der Waals surface area contributed by atoms with E-state index in [1.807, 2.05) is 36.9 Å². The summed E-state index contributed by atoms with van der Waals surface area (Å²) < 4.78 is 0. The topological polar surface area (TPSA) is 75.2 Å². The maximum absolute atomic E-state index is 13.0. The first-order chi connectivity index (χ1) is 15.0. The van der Waals surface area contributed by atoms with Gasteiger partial charge in [0.1, 0.15) is 0 Å². The molecule has 166 valence electrons. The first kappa shape index (κ1) is 21.7. The van der Waals surface area contributed by atoms with Crippen molar-refractivity contribution >= 4 is 22.8 Å². The quantitative estimate of drug-likeness (QED) is 0.778. The fourth-order valence-electron chi connectivity index (χ4n) is 4.88. The zero-order chi connectivity index (χ0) is 21.8. The number of hydrogen-bond donors (Lipinski definition) is 1. The van der Waals surface area contributed by atoms with Gasteiger partial charge in [-0.05, 0) is 57.2 Å². The minimum absolute atomic E-state index is 0.0315. The number of nitrogens with zero attached hydrogens (tertiary/aromatic N) is 3. The van der Waals surface area contributed by atoms with Crippen LogP contribution in [0.5, 0.6) is 0 Å². The molecule has 1 aromatic heterocycles. The minimum Gasteiger partial charge on any atom is -0.353 e.